The Kier molecular flexibility index (Phi) is 4.99. The minimum atomic E-state index is -0.749. The summed E-state index contributed by atoms with van der Waals surface area (Å²) in [6.07, 6.45) is -0.749. The van der Waals surface area contributed by atoms with Crippen molar-refractivity contribution < 1.29 is 5.11 Å². The lowest BCUT2D eigenvalue weighted by Crippen LogP contribution is -2.41. The summed E-state index contributed by atoms with van der Waals surface area (Å²) < 4.78 is 2.53. The number of hydrogen-bond acceptors (Lipinski definition) is 3. The van der Waals surface area contributed by atoms with Crippen molar-refractivity contribution in [1.29, 1.82) is 0 Å². The third kappa shape index (κ3) is 3.63. The second-order valence-corrected chi connectivity index (χ2v) is 6.79. The van der Waals surface area contributed by atoms with Gasteiger partial charge in [0.1, 0.15) is 0 Å². The molecule has 1 N–H and O–H groups in total. The summed E-state index contributed by atoms with van der Waals surface area (Å²) >= 11 is 11.9. The Bertz CT molecular complexity index is 1040. The average molecular weight is 379 g/mol. The number of benzene rings is 2. The molecule has 0 aliphatic carbocycles. The summed E-state index contributed by atoms with van der Waals surface area (Å²) in [6.45, 7) is 1.77. The molecular formula is C18H16Cl2N2O3. The standard InChI is InChI=1S/C18H16Cl2N2O3/c1-11(23)9-21-16-8-14(20)6-7-15(16)17(24)22(18(21)25)10-12-2-4-13(19)5-3-12/h2-8,11,23H,9-10H2,1H3. The van der Waals surface area contributed by atoms with Gasteiger partial charge in [-0.05, 0) is 42.8 Å². The first-order valence-corrected chi connectivity index (χ1v) is 8.48. The molecule has 0 fully saturated rings. The lowest BCUT2D eigenvalue weighted by atomic mass is 10.2. The van der Waals surface area contributed by atoms with E-state index in [1.54, 1.807) is 49.4 Å². The van der Waals surface area contributed by atoms with Gasteiger partial charge in [0.05, 0.1) is 30.1 Å². The van der Waals surface area contributed by atoms with Crippen LogP contribution in [-0.4, -0.2) is 20.3 Å². The number of rotatable bonds is 4. The van der Waals surface area contributed by atoms with Crippen LogP contribution in [0.2, 0.25) is 10.0 Å². The van der Waals surface area contributed by atoms with E-state index in [0.717, 1.165) is 10.1 Å². The van der Waals surface area contributed by atoms with Crippen LogP contribution in [0.3, 0.4) is 0 Å². The molecule has 3 rings (SSSR count). The number of fused-ring (bicyclic) bond motifs is 1. The molecule has 25 heavy (non-hydrogen) atoms. The highest BCUT2D eigenvalue weighted by molar-refractivity contribution is 6.31. The summed E-state index contributed by atoms with van der Waals surface area (Å²) in [5.74, 6) is 0. The van der Waals surface area contributed by atoms with E-state index in [0.29, 0.717) is 20.9 Å². The molecule has 1 atom stereocenters. The molecule has 0 aliphatic rings. The topological polar surface area (TPSA) is 64.2 Å². The Morgan fingerprint density at radius 2 is 1.64 bits per heavy atom. The van der Waals surface area contributed by atoms with Crippen molar-refractivity contribution in [3.8, 4) is 0 Å². The van der Waals surface area contributed by atoms with Crippen LogP contribution in [0.15, 0.2) is 52.1 Å². The van der Waals surface area contributed by atoms with Crippen LogP contribution in [0.1, 0.15) is 12.5 Å². The summed E-state index contributed by atoms with van der Waals surface area (Å²) in [7, 11) is 0. The summed E-state index contributed by atoms with van der Waals surface area (Å²) in [5, 5.41) is 11.1. The summed E-state index contributed by atoms with van der Waals surface area (Å²) in [5.41, 5.74) is 0.306. The van der Waals surface area contributed by atoms with Gasteiger partial charge in [0.15, 0.2) is 0 Å². The molecule has 0 aliphatic heterocycles. The fraction of sp³-hybridized carbons (Fsp3) is 0.222. The minimum absolute atomic E-state index is 0.0660. The number of aliphatic hydroxyl groups is 1. The first-order valence-electron chi connectivity index (χ1n) is 7.72. The molecule has 0 bridgehead atoms. The van der Waals surface area contributed by atoms with E-state index in [1.165, 1.54) is 4.57 Å². The van der Waals surface area contributed by atoms with Crippen LogP contribution in [0.4, 0.5) is 0 Å². The van der Waals surface area contributed by atoms with E-state index in [1.807, 2.05) is 0 Å². The van der Waals surface area contributed by atoms with Gasteiger partial charge in [0.25, 0.3) is 5.56 Å². The fourth-order valence-electron chi connectivity index (χ4n) is 2.74. The van der Waals surface area contributed by atoms with Gasteiger partial charge < -0.3 is 5.11 Å². The Morgan fingerprint density at radius 3 is 2.28 bits per heavy atom. The highest BCUT2D eigenvalue weighted by Crippen LogP contribution is 2.16. The van der Waals surface area contributed by atoms with Crippen molar-refractivity contribution in [2.24, 2.45) is 0 Å². The van der Waals surface area contributed by atoms with Gasteiger partial charge in [0, 0.05) is 10.0 Å². The zero-order valence-electron chi connectivity index (χ0n) is 13.4. The molecule has 0 spiro atoms. The molecule has 3 aromatic rings. The van der Waals surface area contributed by atoms with Crippen molar-refractivity contribution >= 4 is 34.1 Å². The quantitative estimate of drug-likeness (QED) is 0.758. The number of halogens is 2. The lowest BCUT2D eigenvalue weighted by Gasteiger charge is -2.15. The molecular weight excluding hydrogens is 363 g/mol. The molecule has 7 heteroatoms. The number of aromatic nitrogens is 2. The largest absolute Gasteiger partial charge is 0.392 e. The molecule has 1 unspecified atom stereocenters. The molecule has 0 radical (unpaired) electrons. The zero-order valence-corrected chi connectivity index (χ0v) is 15.0. The van der Waals surface area contributed by atoms with Gasteiger partial charge in [-0.3, -0.25) is 13.9 Å². The van der Waals surface area contributed by atoms with Crippen molar-refractivity contribution in [3.05, 3.63) is 78.9 Å². The predicted molar refractivity (Wildman–Crippen MR) is 99.7 cm³/mol. The Labute approximate surface area is 153 Å². The molecule has 1 aromatic heterocycles. The lowest BCUT2D eigenvalue weighted by molar-refractivity contribution is 0.172. The van der Waals surface area contributed by atoms with Crippen molar-refractivity contribution in [2.45, 2.75) is 26.1 Å². The molecule has 0 saturated heterocycles. The average Bonchev–Trinajstić information content (AvgIpc) is 2.57. The Hall–Kier alpha value is -2.08. The van der Waals surface area contributed by atoms with Crippen LogP contribution in [0, 0.1) is 0 Å². The molecule has 1 heterocycles. The van der Waals surface area contributed by atoms with Crippen LogP contribution < -0.4 is 11.2 Å². The van der Waals surface area contributed by atoms with Gasteiger partial charge in [-0.15, -0.1) is 0 Å². The predicted octanol–water partition coefficient (Wildman–Crippen LogP) is 2.90. The van der Waals surface area contributed by atoms with E-state index in [-0.39, 0.29) is 13.1 Å². The summed E-state index contributed by atoms with van der Waals surface area (Å²) in [6, 6.07) is 11.7. The second kappa shape index (κ2) is 7.04. The third-order valence-corrected chi connectivity index (χ3v) is 4.38. The number of nitrogens with zero attached hydrogens (tertiary/aromatic N) is 2. The first kappa shape index (κ1) is 17.7. The fourth-order valence-corrected chi connectivity index (χ4v) is 3.03. The van der Waals surface area contributed by atoms with Gasteiger partial charge in [0.2, 0.25) is 0 Å². The van der Waals surface area contributed by atoms with E-state index in [4.69, 9.17) is 23.2 Å². The number of aliphatic hydroxyl groups excluding tert-OH is 1. The maximum absolute atomic E-state index is 12.9. The highest BCUT2D eigenvalue weighted by atomic mass is 35.5. The van der Waals surface area contributed by atoms with Gasteiger partial charge in [-0.2, -0.15) is 0 Å². The van der Waals surface area contributed by atoms with Crippen LogP contribution >= 0.6 is 23.2 Å². The molecule has 0 saturated carbocycles. The molecule has 2 aromatic carbocycles. The van der Waals surface area contributed by atoms with E-state index in [2.05, 4.69) is 0 Å². The van der Waals surface area contributed by atoms with Crippen LogP contribution in [0.5, 0.6) is 0 Å². The second-order valence-electron chi connectivity index (χ2n) is 5.92. The smallest absolute Gasteiger partial charge is 0.331 e. The summed E-state index contributed by atoms with van der Waals surface area (Å²) in [4.78, 5) is 25.7. The maximum atomic E-state index is 12.9. The van der Waals surface area contributed by atoms with Crippen LogP contribution in [-0.2, 0) is 13.1 Å². The minimum Gasteiger partial charge on any atom is -0.392 e. The monoisotopic (exact) mass is 378 g/mol. The van der Waals surface area contributed by atoms with E-state index >= 15 is 0 Å². The van der Waals surface area contributed by atoms with Crippen molar-refractivity contribution in [2.75, 3.05) is 0 Å². The molecule has 130 valence electrons. The number of hydrogen-bond donors (Lipinski definition) is 1. The molecule has 0 amide bonds. The Balaban J connectivity index is 2.24. The van der Waals surface area contributed by atoms with Crippen molar-refractivity contribution in [1.82, 2.24) is 9.13 Å². The van der Waals surface area contributed by atoms with Gasteiger partial charge in [-0.1, -0.05) is 35.3 Å². The van der Waals surface area contributed by atoms with E-state index in [9.17, 15) is 14.7 Å². The van der Waals surface area contributed by atoms with Crippen molar-refractivity contribution in [3.63, 3.8) is 0 Å². The third-order valence-electron chi connectivity index (χ3n) is 3.89. The SMILES string of the molecule is CC(O)Cn1c(=O)n(Cc2ccc(Cl)cc2)c(=O)c2ccc(Cl)cc21. The van der Waals surface area contributed by atoms with Gasteiger partial charge in [-0.25, -0.2) is 4.79 Å². The Morgan fingerprint density at radius 1 is 1.00 bits per heavy atom. The maximum Gasteiger partial charge on any atom is 0.331 e. The molecule has 5 nitrogen and oxygen atoms in total. The first-order chi connectivity index (χ1) is 11.9. The van der Waals surface area contributed by atoms with E-state index < -0.39 is 17.4 Å². The normalized spacial score (nSPS) is 12.5. The van der Waals surface area contributed by atoms with Gasteiger partial charge >= 0.3 is 5.69 Å². The van der Waals surface area contributed by atoms with Crippen LogP contribution in [0.25, 0.3) is 10.9 Å². The zero-order chi connectivity index (χ0) is 18.1. The highest BCUT2D eigenvalue weighted by Gasteiger charge is 2.15.